The molecule has 3 rings (SSSR count). The van der Waals surface area contributed by atoms with Crippen molar-refractivity contribution in [2.24, 2.45) is 0 Å². The molecule has 2 aromatic rings. The first-order valence-electron chi connectivity index (χ1n) is 9.71. The van der Waals surface area contributed by atoms with Crippen LogP contribution < -0.4 is 5.32 Å². The first-order chi connectivity index (χ1) is 13.5. The third-order valence-electron chi connectivity index (χ3n) is 4.99. The molecule has 0 aliphatic carbocycles. The van der Waals surface area contributed by atoms with Gasteiger partial charge in [-0.25, -0.2) is 4.98 Å². The standard InChI is InChI=1S/C21H25N5O2/c1-3-4-12-25(2)21(28)19-24-18(17-7-5-6-13-26(17)19)20(27)23-16-10-8-15(14-22)9-11-16/h8-11H,3-7,12-13H2,1-2H3,(H,23,27). The summed E-state index contributed by atoms with van der Waals surface area (Å²) < 4.78 is 1.90. The number of imidazole rings is 1. The van der Waals surface area contributed by atoms with Gasteiger partial charge in [0, 0.05) is 25.8 Å². The topological polar surface area (TPSA) is 91.0 Å². The highest BCUT2D eigenvalue weighted by Gasteiger charge is 2.28. The van der Waals surface area contributed by atoms with Crippen LogP contribution in [0.5, 0.6) is 0 Å². The first-order valence-corrected chi connectivity index (χ1v) is 9.71. The average Bonchev–Trinajstić information content (AvgIpc) is 3.11. The summed E-state index contributed by atoms with van der Waals surface area (Å²) in [6.07, 6.45) is 4.62. The molecule has 1 aliphatic heterocycles. The number of hydrogen-bond acceptors (Lipinski definition) is 4. The van der Waals surface area contributed by atoms with Gasteiger partial charge < -0.3 is 14.8 Å². The fourth-order valence-electron chi connectivity index (χ4n) is 3.37. The van der Waals surface area contributed by atoms with Gasteiger partial charge in [-0.05, 0) is 49.9 Å². The van der Waals surface area contributed by atoms with Crippen LogP contribution in [0.2, 0.25) is 0 Å². The van der Waals surface area contributed by atoms with Crippen molar-refractivity contribution in [2.45, 2.75) is 45.6 Å². The number of nitrogens with one attached hydrogen (secondary N) is 1. The van der Waals surface area contributed by atoms with Gasteiger partial charge in [0.1, 0.15) is 0 Å². The number of amides is 2. The van der Waals surface area contributed by atoms with E-state index in [4.69, 9.17) is 5.26 Å². The van der Waals surface area contributed by atoms with E-state index in [9.17, 15) is 9.59 Å². The highest BCUT2D eigenvalue weighted by Crippen LogP contribution is 2.23. The van der Waals surface area contributed by atoms with Crippen molar-refractivity contribution in [1.82, 2.24) is 14.5 Å². The number of carbonyl (C=O) groups excluding carboxylic acids is 2. The molecule has 1 N–H and O–H groups in total. The minimum Gasteiger partial charge on any atom is -0.339 e. The molecule has 1 aliphatic rings. The van der Waals surface area contributed by atoms with Gasteiger partial charge in [0.25, 0.3) is 11.8 Å². The van der Waals surface area contributed by atoms with Crippen LogP contribution in [0.4, 0.5) is 5.69 Å². The maximum absolute atomic E-state index is 12.9. The molecular formula is C21H25N5O2. The minimum atomic E-state index is -0.328. The van der Waals surface area contributed by atoms with Crippen LogP contribution in [0.1, 0.15) is 65.0 Å². The van der Waals surface area contributed by atoms with Crippen LogP contribution in [0.15, 0.2) is 24.3 Å². The molecule has 1 aromatic carbocycles. The van der Waals surface area contributed by atoms with Crippen LogP contribution in [0, 0.1) is 11.3 Å². The first kappa shape index (κ1) is 19.6. The van der Waals surface area contributed by atoms with E-state index in [1.165, 1.54) is 0 Å². The van der Waals surface area contributed by atoms with E-state index in [2.05, 4.69) is 23.3 Å². The maximum atomic E-state index is 12.9. The Morgan fingerprint density at radius 3 is 2.71 bits per heavy atom. The Hall–Kier alpha value is -3.14. The van der Waals surface area contributed by atoms with Crippen molar-refractivity contribution in [2.75, 3.05) is 18.9 Å². The van der Waals surface area contributed by atoms with Gasteiger partial charge in [0.05, 0.1) is 17.3 Å². The average molecular weight is 379 g/mol. The van der Waals surface area contributed by atoms with Crippen molar-refractivity contribution < 1.29 is 9.59 Å². The van der Waals surface area contributed by atoms with E-state index in [1.807, 2.05) is 4.57 Å². The zero-order chi connectivity index (χ0) is 20.1. The van der Waals surface area contributed by atoms with Gasteiger partial charge in [-0.2, -0.15) is 5.26 Å². The lowest BCUT2D eigenvalue weighted by Gasteiger charge is -2.20. The molecular weight excluding hydrogens is 354 g/mol. The number of rotatable bonds is 6. The van der Waals surface area contributed by atoms with Crippen molar-refractivity contribution in [3.05, 3.63) is 47.0 Å². The van der Waals surface area contributed by atoms with Crippen LogP contribution in [0.25, 0.3) is 0 Å². The number of carbonyl (C=O) groups is 2. The van der Waals surface area contributed by atoms with E-state index in [0.29, 0.717) is 35.9 Å². The summed E-state index contributed by atoms with van der Waals surface area (Å²) in [4.78, 5) is 31.8. The zero-order valence-electron chi connectivity index (χ0n) is 16.4. The number of unbranched alkanes of at least 4 members (excludes halogenated alkanes) is 1. The summed E-state index contributed by atoms with van der Waals surface area (Å²) in [6, 6.07) is 8.72. The van der Waals surface area contributed by atoms with Crippen LogP contribution in [-0.4, -0.2) is 39.9 Å². The highest BCUT2D eigenvalue weighted by atomic mass is 16.2. The molecule has 28 heavy (non-hydrogen) atoms. The summed E-state index contributed by atoms with van der Waals surface area (Å²) in [6.45, 7) is 3.46. The second kappa shape index (κ2) is 8.70. The predicted octanol–water partition coefficient (Wildman–Crippen LogP) is 3.22. The second-order valence-corrected chi connectivity index (χ2v) is 7.06. The van der Waals surface area contributed by atoms with Crippen molar-refractivity contribution >= 4 is 17.5 Å². The number of aromatic nitrogens is 2. The molecule has 146 valence electrons. The van der Waals surface area contributed by atoms with Crippen molar-refractivity contribution in [1.29, 1.82) is 5.26 Å². The Kier molecular flexibility index (Phi) is 6.09. The van der Waals surface area contributed by atoms with Gasteiger partial charge in [-0.15, -0.1) is 0 Å². The van der Waals surface area contributed by atoms with Gasteiger partial charge in [0.15, 0.2) is 11.5 Å². The van der Waals surface area contributed by atoms with Crippen LogP contribution in [0.3, 0.4) is 0 Å². The molecule has 0 atom stereocenters. The Balaban J connectivity index is 1.86. The minimum absolute atomic E-state index is 0.144. The molecule has 0 radical (unpaired) electrons. The quantitative estimate of drug-likeness (QED) is 0.834. The number of benzene rings is 1. The number of anilines is 1. The molecule has 0 unspecified atom stereocenters. The summed E-state index contributed by atoms with van der Waals surface area (Å²) >= 11 is 0. The van der Waals surface area contributed by atoms with Crippen LogP contribution in [-0.2, 0) is 13.0 Å². The van der Waals surface area contributed by atoms with Crippen molar-refractivity contribution in [3.63, 3.8) is 0 Å². The van der Waals surface area contributed by atoms with E-state index < -0.39 is 0 Å². The molecule has 1 aromatic heterocycles. The fraction of sp³-hybridized carbons (Fsp3) is 0.429. The molecule has 0 fully saturated rings. The normalized spacial score (nSPS) is 12.8. The lowest BCUT2D eigenvalue weighted by atomic mass is 10.1. The summed E-state index contributed by atoms with van der Waals surface area (Å²) in [5, 5.41) is 11.7. The highest BCUT2D eigenvalue weighted by molar-refractivity contribution is 6.05. The number of nitriles is 1. The van der Waals surface area contributed by atoms with E-state index in [-0.39, 0.29) is 11.8 Å². The summed E-state index contributed by atoms with van der Waals surface area (Å²) in [5.41, 5.74) is 2.26. The van der Waals surface area contributed by atoms with Gasteiger partial charge in [0.2, 0.25) is 0 Å². The Morgan fingerprint density at radius 2 is 2.04 bits per heavy atom. The molecule has 2 amide bonds. The van der Waals surface area contributed by atoms with Gasteiger partial charge in [-0.3, -0.25) is 9.59 Å². The number of nitrogens with zero attached hydrogens (tertiary/aromatic N) is 4. The number of fused-ring (bicyclic) bond motifs is 1. The third-order valence-corrected chi connectivity index (χ3v) is 4.99. The Bertz CT molecular complexity index is 908. The lowest BCUT2D eigenvalue weighted by molar-refractivity contribution is 0.0775. The molecule has 2 heterocycles. The molecule has 0 saturated heterocycles. The van der Waals surface area contributed by atoms with E-state index >= 15 is 0 Å². The zero-order valence-corrected chi connectivity index (χ0v) is 16.4. The Labute approximate surface area is 165 Å². The molecule has 0 bridgehead atoms. The Morgan fingerprint density at radius 1 is 1.29 bits per heavy atom. The smallest absolute Gasteiger partial charge is 0.289 e. The summed E-state index contributed by atoms with van der Waals surface area (Å²) in [5.74, 6) is -0.127. The monoisotopic (exact) mass is 379 g/mol. The maximum Gasteiger partial charge on any atom is 0.289 e. The number of hydrogen-bond donors (Lipinski definition) is 1. The molecule has 0 spiro atoms. The van der Waals surface area contributed by atoms with E-state index in [1.54, 1.807) is 36.2 Å². The third kappa shape index (κ3) is 4.06. The molecule has 7 nitrogen and oxygen atoms in total. The van der Waals surface area contributed by atoms with Crippen molar-refractivity contribution in [3.8, 4) is 6.07 Å². The predicted molar refractivity (Wildman–Crippen MR) is 106 cm³/mol. The van der Waals surface area contributed by atoms with Crippen LogP contribution >= 0.6 is 0 Å². The fourth-order valence-corrected chi connectivity index (χ4v) is 3.37. The van der Waals surface area contributed by atoms with E-state index in [0.717, 1.165) is 37.8 Å². The summed E-state index contributed by atoms with van der Waals surface area (Å²) in [7, 11) is 1.78. The second-order valence-electron chi connectivity index (χ2n) is 7.06. The van der Waals surface area contributed by atoms with Gasteiger partial charge >= 0.3 is 0 Å². The SMILES string of the molecule is CCCCN(C)C(=O)c1nc(C(=O)Nc2ccc(C#N)cc2)c2n1CCCC2. The lowest BCUT2D eigenvalue weighted by Crippen LogP contribution is -2.31. The molecule has 0 saturated carbocycles. The largest absolute Gasteiger partial charge is 0.339 e. The van der Waals surface area contributed by atoms with Gasteiger partial charge in [-0.1, -0.05) is 13.3 Å². The molecule has 7 heteroatoms.